The molecule has 6 aromatic carbocycles. The molecule has 4 nitrogen and oxygen atoms in total. The second-order valence-electron chi connectivity index (χ2n) is 10.3. The topological polar surface area (TPSA) is 73.9 Å². The molecular formula is C38H20N2O2. The summed E-state index contributed by atoms with van der Waals surface area (Å²) in [6.45, 7) is 0. The van der Waals surface area contributed by atoms with Crippen molar-refractivity contribution in [3.63, 3.8) is 0 Å². The number of benzene rings is 6. The molecule has 0 atom stereocenters. The number of nitriles is 2. The number of fused-ring (bicyclic) bond motifs is 6. The zero-order chi connectivity index (χ0) is 28.2. The molecule has 2 heterocycles. The van der Waals surface area contributed by atoms with Crippen molar-refractivity contribution in [1.82, 2.24) is 0 Å². The van der Waals surface area contributed by atoms with Gasteiger partial charge < -0.3 is 8.83 Å². The molecule has 0 bridgehead atoms. The van der Waals surface area contributed by atoms with E-state index in [1.807, 2.05) is 103 Å². The Balaban J connectivity index is 1.41. The molecule has 0 aliphatic carbocycles. The highest BCUT2D eigenvalue weighted by Gasteiger charge is 2.19. The van der Waals surface area contributed by atoms with E-state index in [1.54, 1.807) is 0 Å². The lowest BCUT2D eigenvalue weighted by atomic mass is 9.86. The van der Waals surface area contributed by atoms with E-state index in [0.717, 1.165) is 77.3 Å². The van der Waals surface area contributed by atoms with Gasteiger partial charge in [0, 0.05) is 32.7 Å². The summed E-state index contributed by atoms with van der Waals surface area (Å²) in [6, 6.07) is 44.5. The van der Waals surface area contributed by atoms with Crippen LogP contribution in [0.15, 0.2) is 130 Å². The summed E-state index contributed by atoms with van der Waals surface area (Å²) in [5, 5.41) is 24.5. The molecule has 0 aliphatic heterocycles. The number of hydrogen-bond donors (Lipinski definition) is 0. The predicted octanol–water partition coefficient (Wildman–Crippen LogP) is 10.2. The van der Waals surface area contributed by atoms with Crippen LogP contribution in [0, 0.1) is 22.7 Å². The molecule has 0 saturated heterocycles. The first-order chi connectivity index (χ1) is 20.7. The van der Waals surface area contributed by atoms with Crippen LogP contribution in [0.3, 0.4) is 0 Å². The molecule has 0 fully saturated rings. The zero-order valence-corrected chi connectivity index (χ0v) is 22.3. The van der Waals surface area contributed by atoms with E-state index < -0.39 is 0 Å². The fourth-order valence-corrected chi connectivity index (χ4v) is 6.00. The van der Waals surface area contributed by atoms with Crippen molar-refractivity contribution in [3.8, 4) is 45.5 Å². The van der Waals surface area contributed by atoms with Crippen molar-refractivity contribution >= 4 is 43.9 Å². The van der Waals surface area contributed by atoms with E-state index >= 15 is 0 Å². The summed E-state index contributed by atoms with van der Waals surface area (Å²) in [4.78, 5) is 0. The van der Waals surface area contributed by atoms with Crippen LogP contribution in [0.2, 0.25) is 0 Å². The van der Waals surface area contributed by atoms with Gasteiger partial charge in [-0.05, 0) is 76.9 Å². The summed E-state index contributed by atoms with van der Waals surface area (Å²) < 4.78 is 12.1. The molecule has 0 aliphatic rings. The molecule has 42 heavy (non-hydrogen) atoms. The maximum Gasteiger partial charge on any atom is 0.135 e. The van der Waals surface area contributed by atoms with Crippen LogP contribution in [-0.4, -0.2) is 0 Å². The molecule has 194 valence electrons. The molecule has 8 aromatic rings. The smallest absolute Gasteiger partial charge is 0.135 e. The fraction of sp³-hybridized carbons (Fsp3) is 0. The molecule has 8 rings (SSSR count). The molecule has 2 aromatic heterocycles. The van der Waals surface area contributed by atoms with Crippen molar-refractivity contribution in [3.05, 3.63) is 132 Å². The molecule has 0 spiro atoms. The minimum absolute atomic E-state index is 0.549. The Bertz CT molecular complexity index is 2450. The third kappa shape index (κ3) is 3.60. The Kier molecular flexibility index (Phi) is 5.22. The van der Waals surface area contributed by atoms with Gasteiger partial charge in [0.2, 0.25) is 0 Å². The monoisotopic (exact) mass is 536 g/mol. The second kappa shape index (κ2) is 9.24. The van der Waals surface area contributed by atoms with Crippen LogP contribution in [-0.2, 0) is 0 Å². The van der Waals surface area contributed by atoms with Gasteiger partial charge in [-0.3, -0.25) is 0 Å². The van der Waals surface area contributed by atoms with Gasteiger partial charge in [-0.1, -0.05) is 66.7 Å². The van der Waals surface area contributed by atoms with Gasteiger partial charge in [0.25, 0.3) is 0 Å². The van der Waals surface area contributed by atoms with Crippen LogP contribution in [0.5, 0.6) is 0 Å². The van der Waals surface area contributed by atoms with Crippen LogP contribution in [0.25, 0.3) is 77.3 Å². The van der Waals surface area contributed by atoms with Crippen LogP contribution in [0.4, 0.5) is 0 Å². The predicted molar refractivity (Wildman–Crippen MR) is 167 cm³/mol. The molecule has 0 saturated carbocycles. The Morgan fingerprint density at radius 3 is 1.52 bits per heavy atom. The fourth-order valence-electron chi connectivity index (χ4n) is 6.00. The lowest BCUT2D eigenvalue weighted by Gasteiger charge is -2.16. The average Bonchev–Trinajstić information content (AvgIpc) is 3.61. The van der Waals surface area contributed by atoms with E-state index in [-0.39, 0.29) is 0 Å². The summed E-state index contributed by atoms with van der Waals surface area (Å²) in [5.74, 6) is 0. The summed E-state index contributed by atoms with van der Waals surface area (Å²) >= 11 is 0. The Labute approximate surface area is 240 Å². The zero-order valence-electron chi connectivity index (χ0n) is 22.3. The third-order valence-corrected chi connectivity index (χ3v) is 7.99. The average molecular weight is 537 g/mol. The van der Waals surface area contributed by atoms with E-state index in [0.29, 0.717) is 11.1 Å². The molecule has 0 radical (unpaired) electrons. The quantitative estimate of drug-likeness (QED) is 0.225. The lowest BCUT2D eigenvalue weighted by Crippen LogP contribution is -1.94. The molecule has 0 amide bonds. The largest absolute Gasteiger partial charge is 0.456 e. The van der Waals surface area contributed by atoms with Crippen molar-refractivity contribution in [1.29, 1.82) is 10.5 Å². The molecule has 0 N–H and O–H groups in total. The van der Waals surface area contributed by atoms with Crippen LogP contribution in [0.1, 0.15) is 11.1 Å². The highest BCUT2D eigenvalue weighted by atomic mass is 16.3. The van der Waals surface area contributed by atoms with Gasteiger partial charge in [-0.25, -0.2) is 0 Å². The van der Waals surface area contributed by atoms with Crippen LogP contribution >= 0.6 is 0 Å². The van der Waals surface area contributed by atoms with Gasteiger partial charge >= 0.3 is 0 Å². The van der Waals surface area contributed by atoms with Gasteiger partial charge in [-0.2, -0.15) is 10.5 Å². The highest BCUT2D eigenvalue weighted by Crippen LogP contribution is 2.42. The van der Waals surface area contributed by atoms with Gasteiger partial charge in [-0.15, -0.1) is 0 Å². The standard InChI is InChI=1S/C38H20N2O2/c39-21-25-7-1-2-8-27(25)32-20-30(23-13-15-37-33(17-23)28-9-3-5-11-35(28)41-37)26(22-40)19-31(32)24-14-16-38-34(18-24)29-10-4-6-12-36(29)42-38/h1-20H. The normalized spacial score (nSPS) is 11.3. The van der Waals surface area contributed by atoms with Crippen molar-refractivity contribution < 1.29 is 8.83 Å². The maximum atomic E-state index is 10.4. The summed E-state index contributed by atoms with van der Waals surface area (Å²) in [6.07, 6.45) is 0. The first kappa shape index (κ1) is 23.8. The summed E-state index contributed by atoms with van der Waals surface area (Å²) in [7, 11) is 0. The molecule has 0 unspecified atom stereocenters. The van der Waals surface area contributed by atoms with Gasteiger partial charge in [0.15, 0.2) is 0 Å². The molecular weight excluding hydrogens is 516 g/mol. The number of rotatable bonds is 3. The van der Waals surface area contributed by atoms with E-state index in [9.17, 15) is 10.5 Å². The number of para-hydroxylation sites is 2. The van der Waals surface area contributed by atoms with Crippen molar-refractivity contribution in [2.75, 3.05) is 0 Å². The van der Waals surface area contributed by atoms with Crippen molar-refractivity contribution in [2.45, 2.75) is 0 Å². The Hall–Kier alpha value is -6.10. The van der Waals surface area contributed by atoms with Gasteiger partial charge in [0.1, 0.15) is 22.3 Å². The number of nitrogens with zero attached hydrogens (tertiary/aromatic N) is 2. The van der Waals surface area contributed by atoms with Gasteiger partial charge in [0.05, 0.1) is 23.3 Å². The van der Waals surface area contributed by atoms with Crippen molar-refractivity contribution in [2.24, 2.45) is 0 Å². The first-order valence-electron chi connectivity index (χ1n) is 13.6. The Morgan fingerprint density at radius 1 is 0.381 bits per heavy atom. The second-order valence-corrected chi connectivity index (χ2v) is 10.3. The first-order valence-corrected chi connectivity index (χ1v) is 13.6. The third-order valence-electron chi connectivity index (χ3n) is 7.99. The molecule has 4 heteroatoms. The Morgan fingerprint density at radius 2 is 0.905 bits per heavy atom. The van der Waals surface area contributed by atoms with E-state index in [4.69, 9.17) is 8.83 Å². The minimum atomic E-state index is 0.549. The minimum Gasteiger partial charge on any atom is -0.456 e. The highest BCUT2D eigenvalue weighted by molar-refractivity contribution is 6.08. The number of furan rings is 2. The van der Waals surface area contributed by atoms with E-state index in [1.165, 1.54) is 0 Å². The SMILES string of the molecule is N#Cc1cc(-c2ccc3oc4ccccc4c3c2)c(-c2ccccc2C#N)cc1-c1ccc2oc3ccccc3c2c1. The van der Waals surface area contributed by atoms with Crippen LogP contribution < -0.4 is 0 Å². The lowest BCUT2D eigenvalue weighted by molar-refractivity contribution is 0.668. The summed E-state index contributed by atoms with van der Waals surface area (Å²) in [5.41, 5.74) is 9.58. The maximum absolute atomic E-state index is 10.4. The number of hydrogen-bond acceptors (Lipinski definition) is 4. The van der Waals surface area contributed by atoms with E-state index in [2.05, 4.69) is 30.3 Å².